The van der Waals surface area contributed by atoms with Gasteiger partial charge in [0.15, 0.2) is 0 Å². The minimum absolute atomic E-state index is 0.0150. The first-order valence-corrected chi connectivity index (χ1v) is 5.62. The maximum absolute atomic E-state index is 5.10. The summed E-state index contributed by atoms with van der Waals surface area (Å²) in [6, 6.07) is 0. The second-order valence-corrected chi connectivity index (χ2v) is 4.77. The molecule has 5 heteroatoms. The van der Waals surface area contributed by atoms with Crippen LogP contribution in [-0.4, -0.2) is 22.6 Å². The summed E-state index contributed by atoms with van der Waals surface area (Å²) in [5.74, 6) is 1.13. The molecule has 0 aliphatic rings. The molecule has 0 atom stereocenters. The van der Waals surface area contributed by atoms with E-state index in [9.17, 15) is 0 Å². The van der Waals surface area contributed by atoms with Crippen molar-refractivity contribution in [1.82, 2.24) is 9.97 Å². The summed E-state index contributed by atoms with van der Waals surface area (Å²) in [6.45, 7) is 6.32. The van der Waals surface area contributed by atoms with E-state index in [2.05, 4.69) is 52.0 Å². The van der Waals surface area contributed by atoms with E-state index in [4.69, 9.17) is 4.74 Å². The summed E-state index contributed by atoms with van der Waals surface area (Å²) in [4.78, 5) is 8.40. The highest BCUT2D eigenvalue weighted by atomic mass is 79.9. The van der Waals surface area contributed by atoms with Crippen molar-refractivity contribution in [3.8, 4) is 5.88 Å². The van der Waals surface area contributed by atoms with E-state index in [1.807, 2.05) is 0 Å². The maximum atomic E-state index is 5.10. The number of ether oxygens (including phenoxy) is 1. The van der Waals surface area contributed by atoms with Gasteiger partial charge in [-0.2, -0.15) is 4.98 Å². The molecule has 1 rings (SSSR count). The zero-order chi connectivity index (χ0) is 11.5. The molecule has 0 amide bonds. The minimum atomic E-state index is -0.0150. The van der Waals surface area contributed by atoms with Crippen LogP contribution in [-0.2, 0) is 0 Å². The van der Waals surface area contributed by atoms with Crippen LogP contribution in [0.4, 0.5) is 5.95 Å². The standard InChI is InChI=1S/C10H16BrN3O/c1-5-10(2,3)14-9-12-6-7(11)8(13-9)15-4/h6H,5H2,1-4H3,(H,12,13,14). The van der Waals surface area contributed by atoms with Crippen LogP contribution in [0.5, 0.6) is 5.88 Å². The van der Waals surface area contributed by atoms with Crippen molar-refractivity contribution in [1.29, 1.82) is 0 Å². The zero-order valence-electron chi connectivity index (χ0n) is 9.47. The monoisotopic (exact) mass is 273 g/mol. The van der Waals surface area contributed by atoms with Crippen LogP contribution in [0.25, 0.3) is 0 Å². The van der Waals surface area contributed by atoms with Crippen molar-refractivity contribution < 1.29 is 4.74 Å². The van der Waals surface area contributed by atoms with Crippen LogP contribution in [0.2, 0.25) is 0 Å². The molecule has 0 saturated carbocycles. The molecule has 1 N–H and O–H groups in total. The van der Waals surface area contributed by atoms with Gasteiger partial charge >= 0.3 is 0 Å². The molecule has 0 fully saturated rings. The highest BCUT2D eigenvalue weighted by Crippen LogP contribution is 2.23. The summed E-state index contributed by atoms with van der Waals surface area (Å²) >= 11 is 3.31. The molecule has 4 nitrogen and oxygen atoms in total. The first kappa shape index (κ1) is 12.2. The topological polar surface area (TPSA) is 47.0 Å². The van der Waals surface area contributed by atoms with Crippen LogP contribution in [0.3, 0.4) is 0 Å². The molecule has 0 bridgehead atoms. The molecule has 0 unspecified atom stereocenters. The molecule has 0 aliphatic carbocycles. The quantitative estimate of drug-likeness (QED) is 0.917. The van der Waals surface area contributed by atoms with E-state index in [0.717, 1.165) is 10.9 Å². The molecule has 0 radical (unpaired) electrons. The van der Waals surface area contributed by atoms with E-state index < -0.39 is 0 Å². The van der Waals surface area contributed by atoms with Gasteiger partial charge in [0, 0.05) is 5.54 Å². The largest absolute Gasteiger partial charge is 0.480 e. The van der Waals surface area contributed by atoms with E-state index in [1.54, 1.807) is 13.3 Å². The fourth-order valence-electron chi connectivity index (χ4n) is 0.946. The summed E-state index contributed by atoms with van der Waals surface area (Å²) in [5, 5.41) is 3.25. The Kier molecular flexibility index (Phi) is 3.90. The number of hydrogen-bond acceptors (Lipinski definition) is 4. The Bertz CT molecular complexity index is 341. The van der Waals surface area contributed by atoms with E-state index in [0.29, 0.717) is 11.8 Å². The number of nitrogens with one attached hydrogen (secondary N) is 1. The summed E-state index contributed by atoms with van der Waals surface area (Å²) < 4.78 is 5.85. The molecule has 1 aromatic rings. The third kappa shape index (κ3) is 3.34. The third-order valence-corrected chi connectivity index (χ3v) is 2.78. The Hall–Kier alpha value is -0.840. The van der Waals surface area contributed by atoms with Crippen molar-refractivity contribution in [2.24, 2.45) is 0 Å². The molecule has 0 aliphatic heterocycles. The van der Waals surface area contributed by atoms with E-state index in [1.165, 1.54) is 0 Å². The summed E-state index contributed by atoms with van der Waals surface area (Å²) in [5.41, 5.74) is -0.0150. The number of rotatable bonds is 4. The lowest BCUT2D eigenvalue weighted by atomic mass is 10.0. The molecule has 15 heavy (non-hydrogen) atoms. The highest BCUT2D eigenvalue weighted by Gasteiger charge is 2.16. The van der Waals surface area contributed by atoms with Crippen molar-refractivity contribution in [3.05, 3.63) is 10.7 Å². The average Bonchev–Trinajstić information content (AvgIpc) is 2.20. The Morgan fingerprint density at radius 2 is 2.20 bits per heavy atom. The Morgan fingerprint density at radius 3 is 2.73 bits per heavy atom. The number of hydrogen-bond donors (Lipinski definition) is 1. The molecule has 1 aromatic heterocycles. The normalized spacial score (nSPS) is 11.3. The molecular formula is C10H16BrN3O. The van der Waals surface area contributed by atoms with Gasteiger partial charge in [0.2, 0.25) is 11.8 Å². The maximum Gasteiger partial charge on any atom is 0.232 e. The lowest BCUT2D eigenvalue weighted by Gasteiger charge is -2.24. The summed E-state index contributed by atoms with van der Waals surface area (Å²) in [6.07, 6.45) is 2.68. The Morgan fingerprint density at radius 1 is 1.53 bits per heavy atom. The first-order valence-electron chi connectivity index (χ1n) is 4.83. The van der Waals surface area contributed by atoms with Gasteiger partial charge in [-0.25, -0.2) is 4.98 Å². The van der Waals surface area contributed by atoms with Gasteiger partial charge in [0.05, 0.1) is 17.8 Å². The van der Waals surface area contributed by atoms with Gasteiger partial charge in [-0.05, 0) is 36.2 Å². The van der Waals surface area contributed by atoms with Gasteiger partial charge in [0.25, 0.3) is 0 Å². The van der Waals surface area contributed by atoms with Gasteiger partial charge < -0.3 is 10.1 Å². The lowest BCUT2D eigenvalue weighted by Crippen LogP contribution is -2.30. The predicted molar refractivity (Wildman–Crippen MR) is 64.3 cm³/mol. The van der Waals surface area contributed by atoms with Crippen LogP contribution in [0.15, 0.2) is 10.7 Å². The Balaban J connectivity index is 2.87. The third-order valence-electron chi connectivity index (χ3n) is 2.24. The molecule has 0 spiro atoms. The number of nitrogens with zero attached hydrogens (tertiary/aromatic N) is 2. The Labute approximate surface area is 98.6 Å². The molecule has 1 heterocycles. The fourth-order valence-corrected chi connectivity index (χ4v) is 1.30. The van der Waals surface area contributed by atoms with Gasteiger partial charge in [-0.3, -0.25) is 0 Å². The fraction of sp³-hybridized carbons (Fsp3) is 0.600. The second-order valence-electron chi connectivity index (χ2n) is 3.91. The first-order chi connectivity index (χ1) is 6.98. The van der Waals surface area contributed by atoms with Gasteiger partial charge in [0.1, 0.15) is 0 Å². The number of anilines is 1. The smallest absolute Gasteiger partial charge is 0.232 e. The number of methoxy groups -OCH3 is 1. The van der Waals surface area contributed by atoms with Crippen LogP contribution in [0, 0.1) is 0 Å². The average molecular weight is 274 g/mol. The summed E-state index contributed by atoms with van der Waals surface area (Å²) in [7, 11) is 1.59. The van der Waals surface area contributed by atoms with E-state index in [-0.39, 0.29) is 5.54 Å². The van der Waals surface area contributed by atoms with Crippen LogP contribution >= 0.6 is 15.9 Å². The van der Waals surface area contributed by atoms with Gasteiger partial charge in [-0.1, -0.05) is 6.92 Å². The van der Waals surface area contributed by atoms with Crippen molar-refractivity contribution in [2.75, 3.05) is 12.4 Å². The van der Waals surface area contributed by atoms with Gasteiger partial charge in [-0.15, -0.1) is 0 Å². The minimum Gasteiger partial charge on any atom is -0.480 e. The highest BCUT2D eigenvalue weighted by molar-refractivity contribution is 9.10. The van der Waals surface area contributed by atoms with Crippen molar-refractivity contribution in [2.45, 2.75) is 32.7 Å². The van der Waals surface area contributed by atoms with Crippen molar-refractivity contribution in [3.63, 3.8) is 0 Å². The second kappa shape index (κ2) is 4.79. The number of aromatic nitrogens is 2. The van der Waals surface area contributed by atoms with Crippen molar-refractivity contribution >= 4 is 21.9 Å². The molecule has 0 aromatic carbocycles. The molecule has 0 saturated heterocycles. The lowest BCUT2D eigenvalue weighted by molar-refractivity contribution is 0.393. The number of halogens is 1. The van der Waals surface area contributed by atoms with Crippen LogP contribution in [0.1, 0.15) is 27.2 Å². The van der Waals surface area contributed by atoms with E-state index >= 15 is 0 Å². The SMILES string of the molecule is CCC(C)(C)Nc1ncc(Br)c(OC)n1. The molecule has 84 valence electrons. The molecular weight excluding hydrogens is 258 g/mol. The zero-order valence-corrected chi connectivity index (χ0v) is 11.1. The predicted octanol–water partition coefficient (Wildman–Crippen LogP) is 2.85. The van der Waals surface area contributed by atoms with Crippen LogP contribution < -0.4 is 10.1 Å².